The predicted molar refractivity (Wildman–Crippen MR) is 121 cm³/mol. The van der Waals surface area contributed by atoms with Gasteiger partial charge in [0.2, 0.25) is 4.77 Å². The van der Waals surface area contributed by atoms with Gasteiger partial charge in [0.25, 0.3) is 0 Å². The van der Waals surface area contributed by atoms with Crippen LogP contribution >= 0.6 is 23.8 Å². The average Bonchev–Trinajstić information content (AvgIpc) is 3.54. The number of hydrogen-bond acceptors (Lipinski definition) is 4. The monoisotopic (exact) mass is 433 g/mol. The molecule has 4 rings (SSSR count). The molecular weight excluding hydrogens is 402 g/mol. The molecule has 0 radical (unpaired) electrons. The first kappa shape index (κ1) is 21.0. The minimum atomic E-state index is 0.591. The van der Waals surface area contributed by atoms with Crippen LogP contribution in [0.4, 0.5) is 0 Å². The number of hydrogen-bond donors (Lipinski definition) is 1. The summed E-state index contributed by atoms with van der Waals surface area (Å²) < 4.78 is 4.87. The Kier molecular flexibility index (Phi) is 7.06. The molecule has 2 aromatic rings. The zero-order chi connectivity index (χ0) is 20.2. The molecule has 5 nitrogen and oxygen atoms in total. The number of aryl methyl sites for hydroxylation is 1. The largest absolute Gasteiger partial charge is 0.307 e. The molecule has 2 saturated carbocycles. The van der Waals surface area contributed by atoms with Gasteiger partial charge in [0, 0.05) is 29.3 Å². The van der Waals surface area contributed by atoms with Gasteiger partial charge in [0.1, 0.15) is 5.82 Å². The summed E-state index contributed by atoms with van der Waals surface area (Å²) in [6, 6.07) is 9.26. The normalized spacial score (nSPS) is 17.9. The maximum absolute atomic E-state index is 6.10. The van der Waals surface area contributed by atoms with E-state index in [0.29, 0.717) is 6.04 Å². The molecule has 0 aliphatic heterocycles. The summed E-state index contributed by atoms with van der Waals surface area (Å²) in [7, 11) is 2.22. The van der Waals surface area contributed by atoms with Crippen LogP contribution in [-0.2, 0) is 13.1 Å². The van der Waals surface area contributed by atoms with E-state index < -0.39 is 0 Å². The average molecular weight is 434 g/mol. The molecule has 29 heavy (non-hydrogen) atoms. The van der Waals surface area contributed by atoms with Crippen molar-refractivity contribution in [3.05, 3.63) is 39.9 Å². The van der Waals surface area contributed by atoms with E-state index in [9.17, 15) is 0 Å². The minimum absolute atomic E-state index is 0.591. The highest BCUT2D eigenvalue weighted by Gasteiger charge is 2.25. The third-order valence-corrected chi connectivity index (χ3v) is 6.84. The van der Waals surface area contributed by atoms with E-state index in [4.69, 9.17) is 28.9 Å². The standard InChI is InChI=1S/C22H32ClN5S/c1-26(19-12-13-19)14-5-15-27-22(29)28(20-10-8-17(23)9-11-20)21(25-27)16-24-18-6-3-2-4-7-18/h8-11,18-19,24H,2-7,12-16H2,1H3. The molecule has 0 saturated heterocycles. The number of nitrogens with one attached hydrogen (secondary N) is 1. The second-order valence-corrected chi connectivity index (χ2v) is 9.32. The summed E-state index contributed by atoms with van der Waals surface area (Å²) in [6.07, 6.45) is 10.3. The van der Waals surface area contributed by atoms with Crippen molar-refractivity contribution in [3.63, 3.8) is 0 Å². The number of aromatic nitrogens is 3. The Morgan fingerprint density at radius 2 is 1.86 bits per heavy atom. The predicted octanol–water partition coefficient (Wildman–Crippen LogP) is 4.96. The number of nitrogens with zero attached hydrogens (tertiary/aromatic N) is 4. The molecule has 1 aromatic heterocycles. The van der Waals surface area contributed by atoms with E-state index in [-0.39, 0.29) is 0 Å². The van der Waals surface area contributed by atoms with Crippen LogP contribution in [0.15, 0.2) is 24.3 Å². The lowest BCUT2D eigenvalue weighted by Gasteiger charge is -2.22. The van der Waals surface area contributed by atoms with E-state index in [0.717, 1.165) is 53.4 Å². The summed E-state index contributed by atoms with van der Waals surface area (Å²) in [5.74, 6) is 0.985. The molecule has 0 atom stereocenters. The maximum Gasteiger partial charge on any atom is 0.202 e. The molecule has 1 heterocycles. The van der Waals surface area contributed by atoms with Gasteiger partial charge in [0.15, 0.2) is 0 Å². The highest BCUT2D eigenvalue weighted by Crippen LogP contribution is 2.25. The van der Waals surface area contributed by atoms with E-state index in [2.05, 4.69) is 21.8 Å². The van der Waals surface area contributed by atoms with E-state index >= 15 is 0 Å². The van der Waals surface area contributed by atoms with Crippen molar-refractivity contribution in [3.8, 4) is 5.69 Å². The second-order valence-electron chi connectivity index (χ2n) is 8.51. The molecule has 7 heteroatoms. The van der Waals surface area contributed by atoms with Gasteiger partial charge in [-0.2, -0.15) is 5.10 Å². The summed E-state index contributed by atoms with van der Waals surface area (Å²) in [6.45, 7) is 2.69. The van der Waals surface area contributed by atoms with Crippen molar-refractivity contribution >= 4 is 23.8 Å². The minimum Gasteiger partial charge on any atom is -0.307 e. The lowest BCUT2D eigenvalue weighted by Crippen LogP contribution is -2.31. The molecular formula is C22H32ClN5S. The zero-order valence-electron chi connectivity index (χ0n) is 17.3. The summed E-state index contributed by atoms with van der Waals surface area (Å²) >= 11 is 11.9. The van der Waals surface area contributed by atoms with Crippen LogP contribution in [0.3, 0.4) is 0 Å². The Hall–Kier alpha value is -1.21. The Balaban J connectivity index is 1.50. The van der Waals surface area contributed by atoms with Crippen molar-refractivity contribution < 1.29 is 0 Å². The van der Waals surface area contributed by atoms with Crippen molar-refractivity contribution in [2.45, 2.75) is 76.5 Å². The van der Waals surface area contributed by atoms with Crippen LogP contribution in [-0.4, -0.2) is 44.9 Å². The Morgan fingerprint density at radius 3 is 2.55 bits per heavy atom. The van der Waals surface area contributed by atoms with Crippen LogP contribution in [0.1, 0.15) is 57.2 Å². The maximum atomic E-state index is 6.10. The Labute approximate surface area is 184 Å². The van der Waals surface area contributed by atoms with Crippen LogP contribution in [0.5, 0.6) is 0 Å². The molecule has 158 valence electrons. The first-order valence-corrected chi connectivity index (χ1v) is 11.8. The highest BCUT2D eigenvalue weighted by atomic mass is 35.5. The number of halogens is 1. The van der Waals surface area contributed by atoms with Crippen LogP contribution in [0, 0.1) is 4.77 Å². The van der Waals surface area contributed by atoms with Gasteiger partial charge < -0.3 is 10.2 Å². The molecule has 0 bridgehead atoms. The van der Waals surface area contributed by atoms with Gasteiger partial charge >= 0.3 is 0 Å². The highest BCUT2D eigenvalue weighted by molar-refractivity contribution is 7.71. The van der Waals surface area contributed by atoms with Gasteiger partial charge in [-0.25, -0.2) is 4.68 Å². The number of benzene rings is 1. The third kappa shape index (κ3) is 5.48. The Bertz CT molecular complexity index is 849. The smallest absolute Gasteiger partial charge is 0.202 e. The van der Waals surface area contributed by atoms with Crippen molar-refractivity contribution in [1.82, 2.24) is 24.6 Å². The first-order valence-electron chi connectivity index (χ1n) is 11.0. The molecule has 2 fully saturated rings. The van der Waals surface area contributed by atoms with Gasteiger partial charge in [-0.3, -0.25) is 4.57 Å². The number of rotatable bonds is 9. The first-order chi connectivity index (χ1) is 14.1. The fraction of sp³-hybridized carbons (Fsp3) is 0.636. The quantitative estimate of drug-likeness (QED) is 0.567. The summed E-state index contributed by atoms with van der Waals surface area (Å²) in [4.78, 5) is 2.46. The Morgan fingerprint density at radius 1 is 1.14 bits per heavy atom. The van der Waals surface area contributed by atoms with E-state index in [1.54, 1.807) is 0 Å². The lowest BCUT2D eigenvalue weighted by molar-refractivity contribution is 0.308. The van der Waals surface area contributed by atoms with E-state index in [1.807, 2.05) is 28.9 Å². The molecule has 0 spiro atoms. The second kappa shape index (κ2) is 9.73. The molecule has 2 aliphatic rings. The van der Waals surface area contributed by atoms with Gasteiger partial charge in [-0.1, -0.05) is 30.9 Å². The van der Waals surface area contributed by atoms with Gasteiger partial charge in [-0.15, -0.1) is 0 Å². The van der Waals surface area contributed by atoms with Crippen LogP contribution in [0.25, 0.3) is 5.69 Å². The van der Waals surface area contributed by atoms with Gasteiger partial charge in [0.05, 0.1) is 6.54 Å². The lowest BCUT2D eigenvalue weighted by atomic mass is 9.95. The summed E-state index contributed by atoms with van der Waals surface area (Å²) in [5, 5.41) is 9.37. The zero-order valence-corrected chi connectivity index (χ0v) is 18.9. The van der Waals surface area contributed by atoms with Crippen molar-refractivity contribution in [2.75, 3.05) is 13.6 Å². The van der Waals surface area contributed by atoms with Gasteiger partial charge in [-0.05, 0) is 82.2 Å². The molecule has 1 N–H and O–H groups in total. The molecule has 0 unspecified atom stereocenters. The SMILES string of the molecule is CN(CCCn1nc(CNC2CCCCC2)n(-c2ccc(Cl)cc2)c1=S)C1CC1. The molecule has 2 aliphatic carbocycles. The fourth-order valence-electron chi connectivity index (χ4n) is 4.27. The van der Waals surface area contributed by atoms with Crippen molar-refractivity contribution in [1.29, 1.82) is 0 Å². The molecule has 0 amide bonds. The summed E-state index contributed by atoms with van der Waals surface area (Å²) in [5.41, 5.74) is 1.03. The third-order valence-electron chi connectivity index (χ3n) is 6.20. The molecule has 1 aromatic carbocycles. The van der Waals surface area contributed by atoms with Crippen molar-refractivity contribution in [2.24, 2.45) is 0 Å². The fourth-order valence-corrected chi connectivity index (χ4v) is 4.74. The van der Waals surface area contributed by atoms with Crippen LogP contribution < -0.4 is 5.32 Å². The van der Waals surface area contributed by atoms with Crippen LogP contribution in [0.2, 0.25) is 5.02 Å². The van der Waals surface area contributed by atoms with E-state index in [1.165, 1.54) is 44.9 Å². The topological polar surface area (TPSA) is 38.0 Å².